The molecule has 0 amide bonds. The van der Waals surface area contributed by atoms with Crippen LogP contribution >= 0.6 is 0 Å². The summed E-state index contributed by atoms with van der Waals surface area (Å²) in [5.74, 6) is 0.595. The molecule has 0 saturated heterocycles. The van der Waals surface area contributed by atoms with E-state index in [1.54, 1.807) is 0 Å². The summed E-state index contributed by atoms with van der Waals surface area (Å²) in [5, 5.41) is 0.207. The maximum Gasteiger partial charge on any atom is 0.247 e. The van der Waals surface area contributed by atoms with Gasteiger partial charge >= 0.3 is 0 Å². The Labute approximate surface area is 248 Å². The van der Waals surface area contributed by atoms with E-state index in [1.807, 2.05) is 36.7 Å². The van der Waals surface area contributed by atoms with E-state index in [2.05, 4.69) is 88.8 Å². The molecule has 0 aliphatic heterocycles. The number of nitrogen functional groups attached to an aromatic ring is 1. The van der Waals surface area contributed by atoms with Crippen molar-refractivity contribution >= 4 is 33.7 Å². The first-order valence-corrected chi connectivity index (χ1v) is 20.4. The number of anilines is 1. The van der Waals surface area contributed by atoms with Crippen LogP contribution in [-0.2, 0) is 15.5 Å². The van der Waals surface area contributed by atoms with Gasteiger partial charge in [-0.3, -0.25) is 0 Å². The summed E-state index contributed by atoms with van der Waals surface area (Å²) in [7, 11) is -4.03. The molecular formula is C31H49N5O3Si2. The molecule has 10 heteroatoms. The number of aromatic nitrogens is 4. The van der Waals surface area contributed by atoms with E-state index in [0.29, 0.717) is 30.3 Å². The molecule has 1 aliphatic rings. The van der Waals surface area contributed by atoms with Crippen LogP contribution in [-0.4, -0.2) is 48.9 Å². The summed E-state index contributed by atoms with van der Waals surface area (Å²) in [5.41, 5.74) is 9.53. The molecule has 1 saturated carbocycles. The summed E-state index contributed by atoms with van der Waals surface area (Å²) in [6, 6.07) is 9.91. The summed E-state index contributed by atoms with van der Waals surface area (Å²) in [6.45, 7) is 28.5. The molecule has 0 spiro atoms. The average Bonchev–Trinajstić information content (AvgIpc) is 3.40. The lowest BCUT2D eigenvalue weighted by molar-refractivity contribution is 0.111. The van der Waals surface area contributed by atoms with E-state index in [4.69, 9.17) is 24.3 Å². The van der Waals surface area contributed by atoms with Crippen molar-refractivity contribution in [1.82, 2.24) is 19.5 Å². The lowest BCUT2D eigenvalue weighted by Gasteiger charge is -2.41. The minimum Gasteiger partial charge on any atom is -0.471 e. The van der Waals surface area contributed by atoms with Gasteiger partial charge < -0.3 is 23.9 Å². The number of nitrogens with zero attached hydrogens (tertiary/aromatic N) is 4. The van der Waals surface area contributed by atoms with Gasteiger partial charge in [0.05, 0.1) is 18.5 Å². The number of ether oxygens (including phenoxy) is 1. The fourth-order valence-electron chi connectivity index (χ4n) is 4.69. The topological polar surface area (TPSA) is 97.3 Å². The van der Waals surface area contributed by atoms with E-state index in [1.165, 1.54) is 0 Å². The summed E-state index contributed by atoms with van der Waals surface area (Å²) < 4.78 is 22.0. The molecule has 1 unspecified atom stereocenters. The first-order valence-electron chi connectivity index (χ1n) is 14.6. The largest absolute Gasteiger partial charge is 0.471 e. The minimum absolute atomic E-state index is 0.0106. The molecule has 2 N–H and O–H groups in total. The van der Waals surface area contributed by atoms with Gasteiger partial charge in [0.15, 0.2) is 27.8 Å². The molecule has 1 aliphatic carbocycles. The zero-order valence-electron chi connectivity index (χ0n) is 26.6. The Morgan fingerprint density at radius 1 is 0.976 bits per heavy atom. The fourth-order valence-corrected chi connectivity index (χ4v) is 7.09. The third kappa shape index (κ3) is 6.60. The van der Waals surface area contributed by atoms with Crippen LogP contribution in [0.2, 0.25) is 36.3 Å². The van der Waals surface area contributed by atoms with Crippen molar-refractivity contribution in [2.45, 2.75) is 103 Å². The Hall–Kier alpha value is -2.54. The molecule has 224 valence electrons. The Morgan fingerprint density at radius 3 is 2.22 bits per heavy atom. The van der Waals surface area contributed by atoms with Crippen molar-refractivity contribution in [3.05, 3.63) is 54.4 Å². The molecule has 0 radical (unpaired) electrons. The summed E-state index contributed by atoms with van der Waals surface area (Å²) in [6.07, 6.45) is 2.57. The lowest BCUT2D eigenvalue weighted by atomic mass is 10.0. The Bertz CT molecular complexity index is 1380. The molecule has 3 atom stereocenters. The van der Waals surface area contributed by atoms with E-state index in [-0.39, 0.29) is 34.1 Å². The van der Waals surface area contributed by atoms with Crippen LogP contribution in [0.5, 0.6) is 5.88 Å². The highest BCUT2D eigenvalue weighted by molar-refractivity contribution is 6.74. The average molecular weight is 596 g/mol. The molecule has 8 nitrogen and oxygen atoms in total. The monoisotopic (exact) mass is 595 g/mol. The summed E-state index contributed by atoms with van der Waals surface area (Å²) >= 11 is 0. The maximum atomic E-state index is 7.07. The second kappa shape index (κ2) is 11.3. The second-order valence-corrected chi connectivity index (χ2v) is 24.0. The molecule has 2 aromatic heterocycles. The van der Waals surface area contributed by atoms with Gasteiger partial charge in [0.2, 0.25) is 11.8 Å². The van der Waals surface area contributed by atoms with Crippen LogP contribution in [0.15, 0.2) is 48.8 Å². The van der Waals surface area contributed by atoms with Crippen molar-refractivity contribution in [3.8, 4) is 5.88 Å². The molecule has 1 aromatic carbocycles. The molecular weight excluding hydrogens is 547 g/mol. The van der Waals surface area contributed by atoms with Gasteiger partial charge in [0.1, 0.15) is 6.61 Å². The number of hydrogen-bond acceptors (Lipinski definition) is 7. The van der Waals surface area contributed by atoms with Crippen LogP contribution in [0.25, 0.3) is 11.2 Å². The molecule has 3 aromatic rings. The number of imidazole rings is 1. The molecule has 41 heavy (non-hydrogen) atoms. The standard InChI is InChI=1S/C31H49N5O3Si2/c1-21-23(19-38-40(8,9)30(2,3)4)25(39-41(10,11)31(5,6)7)17-24(21)36-20-33-26-27(36)34-29(32)35-28(26)37-18-22-15-13-12-14-16-22/h12-16,20,23-25H,1,17-19H2,2-11H3,(H2,32,34,35)/t23-,24-,25?/m0/s1. The number of nitrogens with two attached hydrogens (primary N) is 1. The fraction of sp³-hybridized carbons (Fsp3) is 0.581. The van der Waals surface area contributed by atoms with Crippen LogP contribution in [0.1, 0.15) is 59.6 Å². The first-order chi connectivity index (χ1) is 18.9. The van der Waals surface area contributed by atoms with Gasteiger partial charge in [-0.1, -0.05) is 78.5 Å². The van der Waals surface area contributed by atoms with Crippen molar-refractivity contribution < 1.29 is 13.6 Å². The predicted molar refractivity (Wildman–Crippen MR) is 172 cm³/mol. The maximum absolute atomic E-state index is 7.07. The van der Waals surface area contributed by atoms with Crippen LogP contribution in [0, 0.1) is 5.92 Å². The Kier molecular flexibility index (Phi) is 8.64. The number of benzene rings is 1. The SMILES string of the molecule is C=C1[C@H](CO[Si](C)(C)C(C)(C)C)C(O[Si](C)(C)C(C)(C)C)C[C@@H]1n1cnc2c(OCc3ccccc3)nc(N)nc21. The number of fused-ring (bicyclic) bond motifs is 1. The number of rotatable bonds is 9. The zero-order chi connectivity index (χ0) is 30.4. The van der Waals surface area contributed by atoms with Crippen molar-refractivity contribution in [1.29, 1.82) is 0 Å². The van der Waals surface area contributed by atoms with Crippen LogP contribution in [0.3, 0.4) is 0 Å². The van der Waals surface area contributed by atoms with Gasteiger partial charge in [-0.05, 0) is 53.8 Å². The van der Waals surface area contributed by atoms with E-state index >= 15 is 0 Å². The third-order valence-corrected chi connectivity index (χ3v) is 18.5. The van der Waals surface area contributed by atoms with Crippen LogP contribution < -0.4 is 10.5 Å². The van der Waals surface area contributed by atoms with E-state index < -0.39 is 16.6 Å². The smallest absolute Gasteiger partial charge is 0.247 e. The highest BCUT2D eigenvalue weighted by Crippen LogP contribution is 2.47. The van der Waals surface area contributed by atoms with Gasteiger partial charge in [-0.2, -0.15) is 9.97 Å². The highest BCUT2D eigenvalue weighted by atomic mass is 28.4. The molecule has 0 bridgehead atoms. The Balaban J connectivity index is 1.66. The molecule has 4 rings (SSSR count). The second-order valence-electron chi connectivity index (χ2n) is 14.4. The molecule has 2 heterocycles. The van der Waals surface area contributed by atoms with Crippen molar-refractivity contribution in [2.75, 3.05) is 12.3 Å². The predicted octanol–water partition coefficient (Wildman–Crippen LogP) is 7.52. The third-order valence-electron chi connectivity index (χ3n) is 9.45. The number of hydrogen-bond donors (Lipinski definition) is 1. The zero-order valence-corrected chi connectivity index (χ0v) is 28.6. The van der Waals surface area contributed by atoms with Crippen molar-refractivity contribution in [2.24, 2.45) is 5.92 Å². The van der Waals surface area contributed by atoms with Gasteiger partial charge in [-0.15, -0.1) is 0 Å². The first kappa shape index (κ1) is 31.4. The Morgan fingerprint density at radius 2 is 1.61 bits per heavy atom. The van der Waals surface area contributed by atoms with E-state index in [9.17, 15) is 0 Å². The van der Waals surface area contributed by atoms with Gasteiger partial charge in [-0.25, -0.2) is 4.98 Å². The lowest BCUT2D eigenvalue weighted by Crippen LogP contribution is -2.47. The molecule has 1 fully saturated rings. The normalized spacial score (nSPS) is 20.6. The summed E-state index contributed by atoms with van der Waals surface area (Å²) in [4.78, 5) is 13.7. The van der Waals surface area contributed by atoms with Crippen molar-refractivity contribution in [3.63, 3.8) is 0 Å². The minimum atomic E-state index is -2.06. The van der Waals surface area contributed by atoms with Gasteiger partial charge in [0.25, 0.3) is 0 Å². The van der Waals surface area contributed by atoms with Crippen LogP contribution in [0.4, 0.5) is 5.95 Å². The van der Waals surface area contributed by atoms with E-state index in [0.717, 1.165) is 17.6 Å². The highest BCUT2D eigenvalue weighted by Gasteiger charge is 2.47. The van der Waals surface area contributed by atoms with Gasteiger partial charge in [0, 0.05) is 12.5 Å². The quantitative estimate of drug-likeness (QED) is 0.202.